The lowest BCUT2D eigenvalue weighted by Crippen LogP contribution is -2.26. The Morgan fingerprint density at radius 2 is 1.97 bits per heavy atom. The molecule has 4 aromatic rings. The zero-order chi connectivity index (χ0) is 21.5. The van der Waals surface area contributed by atoms with Gasteiger partial charge in [0.05, 0.1) is 5.69 Å². The first-order valence-corrected chi connectivity index (χ1v) is 11.5. The van der Waals surface area contributed by atoms with Crippen molar-refractivity contribution in [2.45, 2.75) is 18.3 Å². The minimum absolute atomic E-state index is 0.199. The van der Waals surface area contributed by atoms with Crippen LogP contribution in [0.5, 0.6) is 5.88 Å². The molecule has 156 valence electrons. The standard InChI is InChI=1S/C21H17BrN6O2S/c1-11-16(20(29)28(27-11)13-6-4-3-5-7-13)18-23-15-9-8-12(22)10-14(15)17-19(30-18)24-21(31-2)26-25-17/h3-10,18,23,27H,1-2H3. The lowest BCUT2D eigenvalue weighted by molar-refractivity contribution is 0.223. The SMILES string of the molecule is CSc1nnc2c(n1)OC(c1c(C)[nH]n(-c3ccccc3)c1=O)Nc1ccc(Br)cc1-2. The molecule has 8 nitrogen and oxygen atoms in total. The Kier molecular flexibility index (Phi) is 5.03. The van der Waals surface area contributed by atoms with E-state index in [4.69, 9.17) is 4.74 Å². The third-order valence-electron chi connectivity index (χ3n) is 4.96. The molecule has 0 radical (unpaired) electrons. The van der Waals surface area contributed by atoms with E-state index in [2.05, 4.69) is 41.5 Å². The maximum atomic E-state index is 13.4. The van der Waals surface area contributed by atoms with Gasteiger partial charge in [-0.2, -0.15) is 4.98 Å². The number of thioether (sulfide) groups is 1. The van der Waals surface area contributed by atoms with Crippen LogP contribution in [0.1, 0.15) is 17.5 Å². The van der Waals surface area contributed by atoms with Gasteiger partial charge in [-0.3, -0.25) is 9.89 Å². The van der Waals surface area contributed by atoms with Crippen molar-refractivity contribution < 1.29 is 4.74 Å². The number of H-pyrrole nitrogens is 1. The fourth-order valence-corrected chi connectivity index (χ4v) is 4.17. The molecule has 0 saturated heterocycles. The van der Waals surface area contributed by atoms with Crippen molar-refractivity contribution in [3.05, 3.63) is 74.6 Å². The molecule has 0 amide bonds. The number of anilines is 1. The predicted octanol–water partition coefficient (Wildman–Crippen LogP) is 4.31. The van der Waals surface area contributed by atoms with Crippen molar-refractivity contribution in [1.82, 2.24) is 25.0 Å². The van der Waals surface area contributed by atoms with E-state index in [1.165, 1.54) is 16.4 Å². The summed E-state index contributed by atoms with van der Waals surface area (Å²) in [6.45, 7) is 1.85. The molecule has 31 heavy (non-hydrogen) atoms. The van der Waals surface area contributed by atoms with Crippen LogP contribution in [0.2, 0.25) is 0 Å². The Morgan fingerprint density at radius 3 is 2.74 bits per heavy atom. The smallest absolute Gasteiger partial charge is 0.280 e. The second-order valence-corrected chi connectivity index (χ2v) is 8.60. The molecule has 0 aliphatic carbocycles. The van der Waals surface area contributed by atoms with E-state index in [0.29, 0.717) is 28.0 Å². The summed E-state index contributed by atoms with van der Waals surface area (Å²) in [6, 6.07) is 15.2. The number of halogens is 1. The first-order valence-electron chi connectivity index (χ1n) is 9.44. The fraction of sp³-hybridized carbons (Fsp3) is 0.143. The maximum Gasteiger partial charge on any atom is 0.280 e. The van der Waals surface area contributed by atoms with Crippen molar-refractivity contribution in [2.75, 3.05) is 11.6 Å². The van der Waals surface area contributed by atoms with Crippen LogP contribution in [0.3, 0.4) is 0 Å². The van der Waals surface area contributed by atoms with Crippen molar-refractivity contribution in [2.24, 2.45) is 0 Å². The van der Waals surface area contributed by atoms with Gasteiger partial charge in [-0.05, 0) is 43.5 Å². The second kappa shape index (κ2) is 7.86. The molecule has 0 fully saturated rings. The van der Waals surface area contributed by atoms with Gasteiger partial charge in [0.1, 0.15) is 5.56 Å². The number of aryl methyl sites for hydroxylation is 1. The molecule has 3 heterocycles. The quantitative estimate of drug-likeness (QED) is 0.407. The molecule has 1 aliphatic heterocycles. The Morgan fingerprint density at radius 1 is 1.16 bits per heavy atom. The highest BCUT2D eigenvalue weighted by atomic mass is 79.9. The molecule has 1 atom stereocenters. The molecule has 2 aromatic heterocycles. The van der Waals surface area contributed by atoms with E-state index in [9.17, 15) is 4.79 Å². The summed E-state index contributed by atoms with van der Waals surface area (Å²) >= 11 is 4.88. The van der Waals surface area contributed by atoms with Crippen LogP contribution in [0.15, 0.2) is 63.0 Å². The first kappa shape index (κ1) is 19.8. The highest BCUT2D eigenvalue weighted by molar-refractivity contribution is 9.10. The molecule has 1 aliphatic rings. The zero-order valence-corrected chi connectivity index (χ0v) is 19.0. The summed E-state index contributed by atoms with van der Waals surface area (Å²) in [5, 5.41) is 15.5. The van der Waals surface area contributed by atoms with Crippen molar-refractivity contribution >= 4 is 33.4 Å². The minimum atomic E-state index is -0.763. The van der Waals surface area contributed by atoms with E-state index in [1.54, 1.807) is 0 Å². The normalized spacial score (nSPS) is 14.7. The Bertz CT molecular complexity index is 1340. The van der Waals surface area contributed by atoms with Crippen molar-refractivity contribution in [1.29, 1.82) is 0 Å². The molecule has 1 unspecified atom stereocenters. The third-order valence-corrected chi connectivity index (χ3v) is 6.00. The monoisotopic (exact) mass is 496 g/mol. The topological polar surface area (TPSA) is 97.7 Å². The number of hydrogen-bond acceptors (Lipinski definition) is 7. The van der Waals surface area contributed by atoms with Crippen LogP contribution >= 0.6 is 27.7 Å². The summed E-state index contributed by atoms with van der Waals surface area (Å²) in [5.74, 6) is 0.319. The molecule has 0 spiro atoms. The average Bonchev–Trinajstić information content (AvgIpc) is 2.99. The highest BCUT2D eigenvalue weighted by Crippen LogP contribution is 2.40. The molecular weight excluding hydrogens is 480 g/mol. The summed E-state index contributed by atoms with van der Waals surface area (Å²) in [6.07, 6.45) is 1.11. The number of hydrogen-bond donors (Lipinski definition) is 2. The highest BCUT2D eigenvalue weighted by Gasteiger charge is 2.30. The van der Waals surface area contributed by atoms with Crippen LogP contribution in [0.25, 0.3) is 16.9 Å². The number of para-hydroxylation sites is 1. The Hall–Kier alpha value is -3.11. The van der Waals surface area contributed by atoms with E-state index < -0.39 is 6.23 Å². The minimum Gasteiger partial charge on any atom is -0.447 e. The van der Waals surface area contributed by atoms with Crippen LogP contribution in [-0.2, 0) is 0 Å². The van der Waals surface area contributed by atoms with Gasteiger partial charge in [0.25, 0.3) is 5.56 Å². The molecule has 2 N–H and O–H groups in total. The van der Waals surface area contributed by atoms with Gasteiger partial charge >= 0.3 is 0 Å². The predicted molar refractivity (Wildman–Crippen MR) is 123 cm³/mol. The number of nitrogens with zero attached hydrogens (tertiary/aromatic N) is 4. The number of aromatic amines is 1. The van der Waals surface area contributed by atoms with Gasteiger partial charge in [-0.25, -0.2) is 4.68 Å². The number of benzene rings is 2. The summed E-state index contributed by atoms with van der Waals surface area (Å²) in [4.78, 5) is 17.9. The molecule has 0 saturated carbocycles. The number of rotatable bonds is 3. The fourth-order valence-electron chi connectivity index (χ4n) is 3.51. The van der Waals surface area contributed by atoms with Gasteiger partial charge in [-0.1, -0.05) is 45.9 Å². The molecular formula is C21H17BrN6O2S. The van der Waals surface area contributed by atoms with Crippen molar-refractivity contribution in [3.8, 4) is 22.8 Å². The van der Waals surface area contributed by atoms with Gasteiger partial charge < -0.3 is 10.1 Å². The third kappa shape index (κ3) is 3.51. The van der Waals surface area contributed by atoms with Crippen LogP contribution < -0.4 is 15.6 Å². The summed E-state index contributed by atoms with van der Waals surface area (Å²) < 4.78 is 8.63. The lowest BCUT2D eigenvalue weighted by atomic mass is 10.1. The summed E-state index contributed by atoms with van der Waals surface area (Å²) in [7, 11) is 0. The average molecular weight is 497 g/mol. The van der Waals surface area contributed by atoms with E-state index >= 15 is 0 Å². The zero-order valence-electron chi connectivity index (χ0n) is 16.6. The largest absolute Gasteiger partial charge is 0.447 e. The van der Waals surface area contributed by atoms with E-state index in [1.807, 2.05) is 61.7 Å². The second-order valence-electron chi connectivity index (χ2n) is 6.91. The van der Waals surface area contributed by atoms with Gasteiger partial charge in [0.15, 0.2) is 5.69 Å². The molecule has 10 heteroatoms. The Balaban J connectivity index is 1.67. The van der Waals surface area contributed by atoms with Crippen LogP contribution in [0.4, 0.5) is 5.69 Å². The van der Waals surface area contributed by atoms with E-state index in [-0.39, 0.29) is 5.56 Å². The van der Waals surface area contributed by atoms with Crippen LogP contribution in [-0.4, -0.2) is 31.2 Å². The Labute approximate surface area is 190 Å². The number of fused-ring (bicyclic) bond motifs is 3. The first-order chi connectivity index (χ1) is 15.0. The number of nitrogens with one attached hydrogen (secondary N) is 2. The maximum absolute atomic E-state index is 13.4. The molecule has 2 aromatic carbocycles. The number of aromatic nitrogens is 5. The lowest BCUT2D eigenvalue weighted by Gasteiger charge is -2.18. The number of ether oxygens (including phenoxy) is 1. The van der Waals surface area contributed by atoms with E-state index in [0.717, 1.165) is 21.4 Å². The summed E-state index contributed by atoms with van der Waals surface area (Å²) in [5.41, 5.74) is 3.78. The van der Waals surface area contributed by atoms with Crippen molar-refractivity contribution in [3.63, 3.8) is 0 Å². The molecule has 5 rings (SSSR count). The van der Waals surface area contributed by atoms with Gasteiger partial charge in [0.2, 0.25) is 17.3 Å². The van der Waals surface area contributed by atoms with Crippen LogP contribution in [0, 0.1) is 6.92 Å². The van der Waals surface area contributed by atoms with Gasteiger partial charge in [-0.15, -0.1) is 10.2 Å². The van der Waals surface area contributed by atoms with Gasteiger partial charge in [0, 0.05) is 21.4 Å². The molecule has 0 bridgehead atoms.